The van der Waals surface area contributed by atoms with E-state index in [1.165, 1.54) is 24.0 Å². The highest BCUT2D eigenvalue weighted by Gasteiger charge is 2.41. The van der Waals surface area contributed by atoms with Crippen molar-refractivity contribution < 1.29 is 12.4 Å². The zero-order valence-electron chi connectivity index (χ0n) is 28.6. The second-order valence-corrected chi connectivity index (χ2v) is 13.1. The highest BCUT2D eigenvalue weighted by molar-refractivity contribution is 5.83. The molecule has 4 rings (SSSR count). The number of rotatable bonds is 19. The molecule has 1 fully saturated rings. The quantitative estimate of drug-likeness (QED) is 0.0602. The molecule has 0 amide bonds. The van der Waals surface area contributed by atoms with Crippen molar-refractivity contribution in [2.75, 3.05) is 36.0 Å². The van der Waals surface area contributed by atoms with Gasteiger partial charge in [0.15, 0.2) is 0 Å². The molecule has 1 saturated carbocycles. The van der Waals surface area contributed by atoms with E-state index in [0.29, 0.717) is 25.4 Å². The summed E-state index contributed by atoms with van der Waals surface area (Å²) in [5.74, 6) is 0.518. The van der Waals surface area contributed by atoms with Gasteiger partial charge in [-0.1, -0.05) is 82.0 Å². The number of methoxy groups -OCH3 is 1. The van der Waals surface area contributed by atoms with E-state index in [1.807, 2.05) is 42.5 Å². The summed E-state index contributed by atoms with van der Waals surface area (Å²) in [4.78, 5) is 16.2. The first-order valence-electron chi connectivity index (χ1n) is 16.9. The molecule has 1 aliphatic carbocycles. The lowest BCUT2D eigenvalue weighted by atomic mass is 9.89. The number of carbonyl (C=O) groups is 1. The Morgan fingerprint density at radius 2 is 1.78 bits per heavy atom. The highest BCUT2D eigenvalue weighted by Crippen LogP contribution is 2.50. The Kier molecular flexibility index (Phi) is 12.9. The number of hydrogen-bond acceptors (Lipinski definition) is 5. The molecule has 3 aromatic carbocycles. The largest absolute Gasteiger partial charge is 0.385 e. The minimum Gasteiger partial charge on any atom is -0.385 e. The lowest BCUT2D eigenvalue weighted by molar-refractivity contribution is -0.122. The number of nitrogens with zero attached hydrogens (tertiary/aromatic N) is 1. The highest BCUT2D eigenvalue weighted by atomic mass is 16.5. The first-order valence-corrected chi connectivity index (χ1v) is 16.9. The molecular weight excluding hydrogens is 566 g/mol. The van der Waals surface area contributed by atoms with Crippen molar-refractivity contribution >= 4 is 22.8 Å². The van der Waals surface area contributed by atoms with Gasteiger partial charge in [-0.25, -0.2) is 0 Å². The zero-order chi connectivity index (χ0) is 32.9. The van der Waals surface area contributed by atoms with Gasteiger partial charge in [0, 0.05) is 53.0 Å². The van der Waals surface area contributed by atoms with Crippen LogP contribution in [0.4, 0.5) is 17.1 Å². The third kappa shape index (κ3) is 9.72. The third-order valence-electron chi connectivity index (χ3n) is 8.91. The second-order valence-electron chi connectivity index (χ2n) is 13.1. The zero-order valence-corrected chi connectivity index (χ0v) is 28.6. The molecular formula is C41H57N3O2. The molecule has 248 valence electrons. The molecule has 0 radical (unpaired) electrons. The predicted octanol–water partition coefficient (Wildman–Crippen LogP) is 10.3. The summed E-state index contributed by atoms with van der Waals surface area (Å²) in [6, 6.07) is 25.3. The molecule has 46 heavy (non-hydrogen) atoms. The Morgan fingerprint density at radius 1 is 1.07 bits per heavy atom. The Hall–Kier alpha value is -4.05. The molecule has 1 aliphatic rings. The monoisotopic (exact) mass is 623 g/mol. The van der Waals surface area contributed by atoms with Crippen LogP contribution < -0.4 is 15.8 Å². The van der Waals surface area contributed by atoms with Crippen LogP contribution in [0.15, 0.2) is 103 Å². The fourth-order valence-electron chi connectivity index (χ4n) is 6.01. The topological polar surface area (TPSA) is 53.6 Å². The van der Waals surface area contributed by atoms with Crippen LogP contribution in [0, 0.1) is 18.8 Å². The van der Waals surface area contributed by atoms with Gasteiger partial charge in [-0.15, -0.1) is 5.73 Å². The van der Waals surface area contributed by atoms with E-state index in [4.69, 9.17) is 4.74 Å². The average molecular weight is 624 g/mol. The van der Waals surface area contributed by atoms with Gasteiger partial charge < -0.3 is 20.5 Å². The van der Waals surface area contributed by atoms with Gasteiger partial charge in [0.25, 0.3) is 0 Å². The lowest BCUT2D eigenvalue weighted by Gasteiger charge is -2.30. The van der Waals surface area contributed by atoms with Crippen LogP contribution in [-0.4, -0.2) is 26.0 Å². The van der Waals surface area contributed by atoms with Crippen LogP contribution in [0.5, 0.6) is 0 Å². The summed E-state index contributed by atoms with van der Waals surface area (Å²) < 4.78 is 5.36. The molecule has 5 heteroatoms. The molecule has 1 atom stereocenters. The number of para-hydroxylation sites is 1. The molecule has 0 bridgehead atoms. The molecule has 0 saturated heterocycles. The Bertz CT molecular complexity index is 1490. The maximum absolute atomic E-state index is 13.9. The van der Waals surface area contributed by atoms with Crippen molar-refractivity contribution in [3.8, 4) is 0 Å². The predicted molar refractivity (Wildman–Crippen MR) is 199 cm³/mol. The molecule has 1 unspecified atom stereocenters. The smallest absolute Gasteiger partial charge is 0.140 e. The first-order chi connectivity index (χ1) is 22.3. The summed E-state index contributed by atoms with van der Waals surface area (Å²) in [5, 5.41) is 0. The van der Waals surface area contributed by atoms with E-state index in [2.05, 4.69) is 98.2 Å². The first kappa shape index (κ1) is 34.8. The molecule has 0 aliphatic heterocycles. The molecule has 5 nitrogen and oxygen atoms in total. The maximum atomic E-state index is 13.9. The number of hydrazine groups is 1. The number of Topliss-reactive ketones (excluding diaryl/α,β-unsaturated/α-hetero) is 1. The Morgan fingerprint density at radius 3 is 2.39 bits per heavy atom. The van der Waals surface area contributed by atoms with E-state index in [-0.39, 0.29) is 20.0 Å². The van der Waals surface area contributed by atoms with Gasteiger partial charge in [-0.2, -0.15) is 0 Å². The van der Waals surface area contributed by atoms with Crippen LogP contribution in [0.25, 0.3) is 0 Å². The van der Waals surface area contributed by atoms with E-state index < -0.39 is 0 Å². The fourth-order valence-corrected chi connectivity index (χ4v) is 6.01. The van der Waals surface area contributed by atoms with Crippen LogP contribution in [-0.2, 0) is 21.4 Å². The summed E-state index contributed by atoms with van der Waals surface area (Å²) in [6.07, 6.45) is 10.8. The second kappa shape index (κ2) is 17.0. The Balaban J connectivity index is 0.00000400. The normalized spacial score (nSPS) is 14.1. The molecule has 0 aromatic heterocycles. The number of allylic oxidation sites excluding steroid dienone is 3. The SMILES string of the molecule is C=C=C(CC(CCCOC)C(=O)Cc1ccc(NNc2ccccc2C)cc1)N(CC(C)C)c1ccc(C2(/C=C\CC)CC2)cc1.[HH].[HH]. The molecule has 0 spiro atoms. The van der Waals surface area contributed by atoms with E-state index >= 15 is 0 Å². The maximum Gasteiger partial charge on any atom is 0.140 e. The summed E-state index contributed by atoms with van der Waals surface area (Å²) in [7, 11) is 1.72. The van der Waals surface area contributed by atoms with Crippen LogP contribution in [0.2, 0.25) is 0 Å². The number of hydrogen-bond donors (Lipinski definition) is 2. The van der Waals surface area contributed by atoms with Crippen LogP contribution >= 0.6 is 0 Å². The van der Waals surface area contributed by atoms with E-state index in [9.17, 15) is 4.79 Å². The fraction of sp³-hybridized carbons (Fsp3) is 0.415. The van der Waals surface area contributed by atoms with Gasteiger partial charge >= 0.3 is 0 Å². The lowest BCUT2D eigenvalue weighted by Crippen LogP contribution is -2.30. The summed E-state index contributed by atoms with van der Waals surface area (Å²) >= 11 is 0. The van der Waals surface area contributed by atoms with Crippen molar-refractivity contribution in [2.45, 2.75) is 78.1 Å². The van der Waals surface area contributed by atoms with Crippen molar-refractivity contribution in [3.63, 3.8) is 0 Å². The molecule has 3 aromatic rings. The van der Waals surface area contributed by atoms with Crippen molar-refractivity contribution in [1.29, 1.82) is 0 Å². The van der Waals surface area contributed by atoms with E-state index in [0.717, 1.165) is 54.1 Å². The van der Waals surface area contributed by atoms with Crippen molar-refractivity contribution in [3.05, 3.63) is 120 Å². The van der Waals surface area contributed by atoms with Crippen molar-refractivity contribution in [2.24, 2.45) is 11.8 Å². The number of ether oxygens (including phenoxy) is 1. The standard InChI is InChI=1S/C41H53N3O2.2H2/c1-7-9-24-41(25-26-41)35-18-22-38(23-19-35)44(30-31(3)4)37(8-2)29-34(14-12-27-46-6)40(45)28-33-16-20-36(21-17-33)42-43-39-15-11-10-13-32(39)5;;/h9-11,13,15-24,31,34,42-43H,2,7,12,14,25-30H2,1,3-6H3;2*1H/b24-9-;;. The average Bonchev–Trinajstić information content (AvgIpc) is 3.86. The van der Waals surface area contributed by atoms with Gasteiger partial charge in [0.2, 0.25) is 0 Å². The number of ketones is 1. The number of aryl methyl sites for hydroxylation is 1. The van der Waals surface area contributed by atoms with Crippen molar-refractivity contribution in [1.82, 2.24) is 0 Å². The number of nitrogens with one attached hydrogen (secondary N) is 2. The van der Waals surface area contributed by atoms with Gasteiger partial charge in [-0.3, -0.25) is 4.79 Å². The minimum atomic E-state index is -0.150. The summed E-state index contributed by atoms with van der Waals surface area (Å²) in [6.45, 7) is 14.3. The minimum absolute atomic E-state index is 0. The van der Waals surface area contributed by atoms with E-state index in [1.54, 1.807) is 7.11 Å². The molecule has 2 N–H and O–H groups in total. The van der Waals surface area contributed by atoms with Gasteiger partial charge in [-0.05, 0) is 92.0 Å². The van der Waals surface area contributed by atoms with Gasteiger partial charge in [0.1, 0.15) is 5.78 Å². The Labute approximate surface area is 280 Å². The molecule has 0 heterocycles. The van der Waals surface area contributed by atoms with Crippen LogP contribution in [0.3, 0.4) is 0 Å². The number of benzene rings is 3. The number of anilines is 3. The summed E-state index contributed by atoms with van der Waals surface area (Å²) in [5.41, 5.74) is 17.6. The number of carbonyl (C=O) groups excluding carboxylic acids is 1. The van der Waals surface area contributed by atoms with Gasteiger partial charge in [0.05, 0.1) is 17.1 Å². The van der Waals surface area contributed by atoms with Crippen LogP contribution in [0.1, 0.15) is 78.8 Å². The third-order valence-corrected chi connectivity index (χ3v) is 8.91.